The molecule has 1 saturated carbocycles. The van der Waals surface area contributed by atoms with Gasteiger partial charge in [-0.05, 0) is 43.9 Å². The number of rotatable bonds is 4. The van der Waals surface area contributed by atoms with Gasteiger partial charge in [-0.2, -0.15) is 0 Å². The molecule has 1 atom stereocenters. The van der Waals surface area contributed by atoms with Gasteiger partial charge in [0.2, 0.25) is 5.95 Å². The first-order valence-electron chi connectivity index (χ1n) is 8.32. The van der Waals surface area contributed by atoms with Gasteiger partial charge in [0.15, 0.2) is 0 Å². The molecule has 1 fully saturated rings. The number of nitrogens with zero attached hydrogens (tertiary/aromatic N) is 5. The molecular formula is C18H18N6. The molecule has 0 saturated heterocycles. The lowest BCUT2D eigenvalue weighted by molar-refractivity contribution is 0.681. The van der Waals surface area contributed by atoms with E-state index in [2.05, 4.69) is 45.6 Å². The first-order valence-corrected chi connectivity index (χ1v) is 8.32. The van der Waals surface area contributed by atoms with E-state index in [0.29, 0.717) is 12.0 Å². The molecule has 0 aliphatic heterocycles. The second-order valence-corrected chi connectivity index (χ2v) is 6.52. The van der Waals surface area contributed by atoms with Crippen molar-refractivity contribution in [2.45, 2.75) is 25.8 Å². The number of fused-ring (bicyclic) bond motifs is 2. The molecule has 1 aliphatic carbocycles. The van der Waals surface area contributed by atoms with Crippen molar-refractivity contribution in [1.82, 2.24) is 24.0 Å². The lowest BCUT2D eigenvalue weighted by Gasteiger charge is -2.12. The Bertz CT molecular complexity index is 1030. The molecule has 4 heterocycles. The third-order valence-electron chi connectivity index (χ3n) is 4.80. The molecule has 0 spiro atoms. The second-order valence-electron chi connectivity index (χ2n) is 6.52. The fraction of sp³-hybridized carbons (Fsp3) is 0.278. The van der Waals surface area contributed by atoms with E-state index in [1.807, 2.05) is 33.6 Å². The Labute approximate surface area is 139 Å². The standard InChI is InChI=1S/C18H18N6/c1-12(13-2-3-13)21-18-20-10-16-15(6-8-24(16)22-18)14-4-5-17-19-7-9-23(17)11-14/h4-13H,2-3H2,1H3,(H,21,22)/t12-/m1/s1. The van der Waals surface area contributed by atoms with E-state index in [1.165, 1.54) is 12.8 Å². The van der Waals surface area contributed by atoms with Gasteiger partial charge in [0.05, 0.1) is 11.7 Å². The van der Waals surface area contributed by atoms with Gasteiger partial charge in [-0.3, -0.25) is 0 Å². The third-order valence-corrected chi connectivity index (χ3v) is 4.80. The highest BCUT2D eigenvalue weighted by molar-refractivity contribution is 5.80. The summed E-state index contributed by atoms with van der Waals surface area (Å²) >= 11 is 0. The average Bonchev–Trinajstić information content (AvgIpc) is 3.20. The van der Waals surface area contributed by atoms with Crippen LogP contribution in [0.15, 0.2) is 49.2 Å². The predicted molar refractivity (Wildman–Crippen MR) is 93.0 cm³/mol. The zero-order valence-electron chi connectivity index (χ0n) is 13.4. The summed E-state index contributed by atoms with van der Waals surface area (Å²) in [6, 6.07) is 6.61. The highest BCUT2D eigenvalue weighted by atomic mass is 15.3. The summed E-state index contributed by atoms with van der Waals surface area (Å²) < 4.78 is 3.91. The summed E-state index contributed by atoms with van der Waals surface area (Å²) in [5, 5.41) is 8.01. The highest BCUT2D eigenvalue weighted by Gasteiger charge is 2.28. The molecule has 0 radical (unpaired) electrons. The third kappa shape index (κ3) is 2.22. The van der Waals surface area contributed by atoms with Gasteiger partial charge >= 0.3 is 0 Å². The quantitative estimate of drug-likeness (QED) is 0.627. The molecule has 1 N–H and O–H groups in total. The largest absolute Gasteiger partial charge is 0.350 e. The summed E-state index contributed by atoms with van der Waals surface area (Å²) in [4.78, 5) is 8.79. The van der Waals surface area contributed by atoms with Gasteiger partial charge in [-0.25, -0.2) is 14.5 Å². The molecule has 5 rings (SSSR count). The van der Waals surface area contributed by atoms with Gasteiger partial charge in [0.1, 0.15) is 5.65 Å². The minimum Gasteiger partial charge on any atom is -0.350 e. The Morgan fingerprint density at radius 2 is 2.08 bits per heavy atom. The van der Waals surface area contributed by atoms with Crippen LogP contribution in [0.5, 0.6) is 0 Å². The molecule has 1 aliphatic rings. The fourth-order valence-electron chi connectivity index (χ4n) is 3.21. The Kier molecular flexibility index (Phi) is 2.85. The predicted octanol–water partition coefficient (Wildman–Crippen LogP) is 3.25. The maximum Gasteiger partial charge on any atom is 0.241 e. The van der Waals surface area contributed by atoms with E-state index in [1.54, 1.807) is 6.20 Å². The molecule has 6 heteroatoms. The SMILES string of the molecule is C[C@@H](Nc1ncc2c(-c3ccc4nccn4c3)ccn2n1)C1CC1. The molecule has 0 bridgehead atoms. The second kappa shape index (κ2) is 5.06. The number of nitrogens with one attached hydrogen (secondary N) is 1. The van der Waals surface area contributed by atoms with Crippen molar-refractivity contribution in [3.05, 3.63) is 49.2 Å². The van der Waals surface area contributed by atoms with E-state index < -0.39 is 0 Å². The van der Waals surface area contributed by atoms with Crippen molar-refractivity contribution in [3.63, 3.8) is 0 Å². The van der Waals surface area contributed by atoms with Crippen molar-refractivity contribution in [2.24, 2.45) is 5.92 Å². The van der Waals surface area contributed by atoms with Crippen molar-refractivity contribution in [1.29, 1.82) is 0 Å². The van der Waals surface area contributed by atoms with Gasteiger partial charge in [-0.15, -0.1) is 5.10 Å². The molecule has 4 aromatic rings. The highest BCUT2D eigenvalue weighted by Crippen LogP contribution is 2.33. The number of aromatic nitrogens is 5. The van der Waals surface area contributed by atoms with Crippen molar-refractivity contribution in [2.75, 3.05) is 5.32 Å². The van der Waals surface area contributed by atoms with Gasteiger partial charge in [-0.1, -0.05) is 0 Å². The minimum absolute atomic E-state index is 0.432. The minimum atomic E-state index is 0.432. The smallest absolute Gasteiger partial charge is 0.241 e. The lowest BCUT2D eigenvalue weighted by atomic mass is 10.1. The van der Waals surface area contributed by atoms with Crippen LogP contribution in [-0.4, -0.2) is 30.0 Å². The zero-order chi connectivity index (χ0) is 16.1. The van der Waals surface area contributed by atoms with Crippen molar-refractivity contribution < 1.29 is 0 Å². The van der Waals surface area contributed by atoms with Gasteiger partial charge in [0, 0.05) is 42.0 Å². The summed E-state index contributed by atoms with van der Waals surface area (Å²) in [6.45, 7) is 2.20. The monoisotopic (exact) mass is 318 g/mol. The molecule has 0 amide bonds. The molecule has 6 nitrogen and oxygen atoms in total. The van der Waals surface area contributed by atoms with Crippen LogP contribution >= 0.6 is 0 Å². The normalized spacial score (nSPS) is 15.9. The number of pyridine rings is 1. The lowest BCUT2D eigenvalue weighted by Crippen LogP contribution is -2.19. The number of hydrogen-bond donors (Lipinski definition) is 1. The van der Waals surface area contributed by atoms with Crippen LogP contribution in [-0.2, 0) is 0 Å². The fourth-order valence-corrected chi connectivity index (χ4v) is 3.21. The molecular weight excluding hydrogens is 300 g/mol. The van der Waals surface area contributed by atoms with Crippen LogP contribution in [0.2, 0.25) is 0 Å². The summed E-state index contributed by atoms with van der Waals surface area (Å²) in [7, 11) is 0. The Balaban J connectivity index is 1.52. The van der Waals surface area contributed by atoms with E-state index in [0.717, 1.165) is 28.2 Å². The topological polar surface area (TPSA) is 59.5 Å². The summed E-state index contributed by atoms with van der Waals surface area (Å²) in [5.74, 6) is 1.46. The van der Waals surface area contributed by atoms with Crippen LogP contribution in [0.4, 0.5) is 5.95 Å². The van der Waals surface area contributed by atoms with E-state index >= 15 is 0 Å². The van der Waals surface area contributed by atoms with Crippen molar-refractivity contribution in [3.8, 4) is 11.1 Å². The van der Waals surface area contributed by atoms with Crippen molar-refractivity contribution >= 4 is 17.1 Å². The average molecular weight is 318 g/mol. The molecule has 24 heavy (non-hydrogen) atoms. The Morgan fingerprint density at radius 1 is 1.17 bits per heavy atom. The van der Waals surface area contributed by atoms with Gasteiger partial charge in [0.25, 0.3) is 0 Å². The van der Waals surface area contributed by atoms with E-state index in [9.17, 15) is 0 Å². The Hall–Kier alpha value is -2.89. The summed E-state index contributed by atoms with van der Waals surface area (Å²) in [6.07, 6.45) is 12.3. The van der Waals surface area contributed by atoms with Crippen LogP contribution in [0, 0.1) is 5.92 Å². The maximum atomic E-state index is 4.60. The molecule has 0 unspecified atom stereocenters. The summed E-state index contributed by atoms with van der Waals surface area (Å²) in [5.41, 5.74) is 4.18. The number of imidazole rings is 1. The zero-order valence-corrected chi connectivity index (χ0v) is 13.4. The molecule has 120 valence electrons. The maximum absolute atomic E-state index is 4.60. The van der Waals surface area contributed by atoms with Crippen LogP contribution in [0.1, 0.15) is 19.8 Å². The molecule has 0 aromatic carbocycles. The number of anilines is 1. The first kappa shape index (κ1) is 13.5. The van der Waals surface area contributed by atoms with E-state index in [4.69, 9.17) is 0 Å². The number of hydrogen-bond acceptors (Lipinski definition) is 4. The van der Waals surface area contributed by atoms with Crippen LogP contribution < -0.4 is 5.32 Å². The van der Waals surface area contributed by atoms with Gasteiger partial charge < -0.3 is 9.72 Å². The first-order chi connectivity index (χ1) is 11.8. The van der Waals surface area contributed by atoms with Crippen LogP contribution in [0.25, 0.3) is 22.3 Å². The molecule has 4 aromatic heterocycles. The Morgan fingerprint density at radius 3 is 2.96 bits per heavy atom. The van der Waals surface area contributed by atoms with Crippen LogP contribution in [0.3, 0.4) is 0 Å². The van der Waals surface area contributed by atoms with E-state index in [-0.39, 0.29) is 0 Å².